The highest BCUT2D eigenvalue weighted by atomic mass is 79.9. The number of benzene rings is 2. The summed E-state index contributed by atoms with van der Waals surface area (Å²) < 4.78 is 15.6. The maximum absolute atomic E-state index is 13.4. The molecule has 0 bridgehead atoms. The van der Waals surface area contributed by atoms with Gasteiger partial charge in [0.05, 0.1) is 4.47 Å². The van der Waals surface area contributed by atoms with Gasteiger partial charge < -0.3 is 10.3 Å². The first kappa shape index (κ1) is 13.8. The van der Waals surface area contributed by atoms with E-state index in [0.717, 1.165) is 17.0 Å². The van der Waals surface area contributed by atoms with Crippen molar-refractivity contribution in [3.8, 4) is 22.6 Å². The molecule has 0 spiro atoms. The minimum atomic E-state index is -0.309. The zero-order chi connectivity index (χ0) is 15.0. The molecule has 0 aliphatic heterocycles. The van der Waals surface area contributed by atoms with Crippen LogP contribution >= 0.6 is 15.9 Å². The first-order chi connectivity index (χ1) is 10.1. The summed E-state index contributed by atoms with van der Waals surface area (Å²) in [5.41, 5.74) is 8.56. The summed E-state index contributed by atoms with van der Waals surface area (Å²) in [5, 5.41) is 0. The molecule has 3 nitrogen and oxygen atoms in total. The number of imidazole rings is 1. The smallest absolute Gasteiger partial charge is 0.142 e. The second-order valence-electron chi connectivity index (χ2n) is 4.72. The number of hydrogen-bond donors (Lipinski definition) is 1. The van der Waals surface area contributed by atoms with Crippen LogP contribution in [0.4, 0.5) is 10.2 Å². The molecule has 0 radical (unpaired) electrons. The van der Waals surface area contributed by atoms with Crippen molar-refractivity contribution in [2.24, 2.45) is 7.05 Å². The van der Waals surface area contributed by atoms with Crippen molar-refractivity contribution in [1.82, 2.24) is 9.55 Å². The number of nitrogens with zero attached hydrogens (tertiary/aromatic N) is 2. The van der Waals surface area contributed by atoms with Gasteiger partial charge in [0.2, 0.25) is 0 Å². The lowest BCUT2D eigenvalue weighted by atomic mass is 10.1. The summed E-state index contributed by atoms with van der Waals surface area (Å²) in [6, 6.07) is 14.6. The van der Waals surface area contributed by atoms with Gasteiger partial charge in [0.15, 0.2) is 0 Å². The van der Waals surface area contributed by atoms with E-state index >= 15 is 0 Å². The summed E-state index contributed by atoms with van der Waals surface area (Å²) in [5.74, 6) is 1.02. The predicted octanol–water partition coefficient (Wildman–Crippen LogP) is 4.24. The highest BCUT2D eigenvalue weighted by Gasteiger charge is 2.15. The van der Waals surface area contributed by atoms with Crippen LogP contribution in [0.5, 0.6) is 0 Å². The average Bonchev–Trinajstić information content (AvgIpc) is 2.79. The topological polar surface area (TPSA) is 43.8 Å². The van der Waals surface area contributed by atoms with E-state index in [9.17, 15) is 4.39 Å². The van der Waals surface area contributed by atoms with E-state index < -0.39 is 0 Å². The third-order valence-electron chi connectivity index (χ3n) is 3.36. The van der Waals surface area contributed by atoms with Gasteiger partial charge in [-0.15, -0.1) is 0 Å². The lowest BCUT2D eigenvalue weighted by Gasteiger charge is -2.02. The van der Waals surface area contributed by atoms with E-state index in [1.54, 1.807) is 12.1 Å². The van der Waals surface area contributed by atoms with Crippen LogP contribution in [-0.4, -0.2) is 9.55 Å². The van der Waals surface area contributed by atoms with Crippen LogP contribution in [0.1, 0.15) is 0 Å². The highest BCUT2D eigenvalue weighted by Crippen LogP contribution is 2.32. The molecule has 1 aromatic heterocycles. The van der Waals surface area contributed by atoms with Crippen LogP contribution in [0.25, 0.3) is 22.6 Å². The van der Waals surface area contributed by atoms with Gasteiger partial charge in [-0.05, 0) is 34.1 Å². The maximum Gasteiger partial charge on any atom is 0.142 e. The number of halogens is 2. The Bertz CT molecular complexity index is 797. The normalized spacial score (nSPS) is 10.8. The highest BCUT2D eigenvalue weighted by molar-refractivity contribution is 9.10. The van der Waals surface area contributed by atoms with Crippen molar-refractivity contribution in [1.29, 1.82) is 0 Å². The SMILES string of the molecule is Cn1c(-c2ccccc2)nc(-c2ccc(F)c(Br)c2)c1N. The van der Waals surface area contributed by atoms with Gasteiger partial charge in [-0.25, -0.2) is 9.37 Å². The van der Waals surface area contributed by atoms with E-state index in [4.69, 9.17) is 5.73 Å². The number of anilines is 1. The molecule has 0 aliphatic rings. The van der Waals surface area contributed by atoms with Crippen LogP contribution in [0, 0.1) is 5.82 Å². The first-order valence-electron chi connectivity index (χ1n) is 6.41. The molecule has 0 saturated heterocycles. The summed E-state index contributed by atoms with van der Waals surface area (Å²) in [7, 11) is 1.87. The molecule has 1 heterocycles. The van der Waals surface area contributed by atoms with Gasteiger partial charge in [-0.1, -0.05) is 30.3 Å². The average molecular weight is 346 g/mol. The zero-order valence-electron chi connectivity index (χ0n) is 11.3. The number of nitrogens with two attached hydrogens (primary N) is 1. The largest absolute Gasteiger partial charge is 0.383 e. The van der Waals surface area contributed by atoms with Gasteiger partial charge in [-0.2, -0.15) is 0 Å². The van der Waals surface area contributed by atoms with Crippen molar-refractivity contribution in [3.63, 3.8) is 0 Å². The third kappa shape index (κ3) is 2.45. The van der Waals surface area contributed by atoms with Crippen LogP contribution in [0.2, 0.25) is 0 Å². The Morgan fingerprint density at radius 2 is 1.81 bits per heavy atom. The number of aromatic nitrogens is 2. The molecule has 0 amide bonds. The molecule has 0 atom stereocenters. The number of rotatable bonds is 2. The molecular weight excluding hydrogens is 333 g/mol. The summed E-state index contributed by atoms with van der Waals surface area (Å²) in [6.45, 7) is 0. The molecule has 0 saturated carbocycles. The van der Waals surface area contributed by atoms with Gasteiger partial charge in [0.1, 0.15) is 23.2 Å². The minimum Gasteiger partial charge on any atom is -0.383 e. The van der Waals surface area contributed by atoms with Crippen molar-refractivity contribution in [2.45, 2.75) is 0 Å². The molecule has 5 heteroatoms. The fraction of sp³-hybridized carbons (Fsp3) is 0.0625. The molecule has 106 valence electrons. The number of nitrogen functional groups attached to an aromatic ring is 1. The van der Waals surface area contributed by atoms with Gasteiger partial charge in [0.25, 0.3) is 0 Å². The first-order valence-corrected chi connectivity index (χ1v) is 7.20. The van der Waals surface area contributed by atoms with E-state index in [-0.39, 0.29) is 5.82 Å². The standard InChI is InChI=1S/C16H13BrFN3/c1-21-15(19)14(11-7-8-13(18)12(17)9-11)20-16(21)10-5-3-2-4-6-10/h2-9H,19H2,1H3. The van der Waals surface area contributed by atoms with E-state index in [1.807, 2.05) is 41.9 Å². The Kier molecular flexibility index (Phi) is 3.51. The predicted molar refractivity (Wildman–Crippen MR) is 86.2 cm³/mol. The molecule has 3 aromatic rings. The molecular formula is C16H13BrFN3. The molecule has 21 heavy (non-hydrogen) atoms. The van der Waals surface area contributed by atoms with Crippen molar-refractivity contribution in [2.75, 3.05) is 5.73 Å². The maximum atomic E-state index is 13.4. The summed E-state index contributed by atoms with van der Waals surface area (Å²) >= 11 is 3.19. The third-order valence-corrected chi connectivity index (χ3v) is 3.97. The molecule has 3 rings (SSSR count). The fourth-order valence-electron chi connectivity index (χ4n) is 2.21. The summed E-state index contributed by atoms with van der Waals surface area (Å²) in [4.78, 5) is 4.62. The Balaban J connectivity index is 2.15. The molecule has 0 unspecified atom stereocenters. The van der Waals surface area contributed by atoms with Crippen molar-refractivity contribution in [3.05, 3.63) is 58.8 Å². The Morgan fingerprint density at radius 3 is 2.48 bits per heavy atom. The van der Waals surface area contributed by atoms with Crippen molar-refractivity contribution < 1.29 is 4.39 Å². The molecule has 2 aromatic carbocycles. The fourth-order valence-corrected chi connectivity index (χ4v) is 2.59. The molecule has 0 aliphatic carbocycles. The van der Waals surface area contributed by atoms with Gasteiger partial charge >= 0.3 is 0 Å². The van der Waals surface area contributed by atoms with Crippen LogP contribution in [0.3, 0.4) is 0 Å². The molecule has 2 N–H and O–H groups in total. The lowest BCUT2D eigenvalue weighted by Crippen LogP contribution is -1.98. The van der Waals surface area contributed by atoms with Crippen LogP contribution < -0.4 is 5.73 Å². The monoisotopic (exact) mass is 345 g/mol. The lowest BCUT2D eigenvalue weighted by molar-refractivity contribution is 0.621. The van der Waals surface area contributed by atoms with Crippen LogP contribution in [-0.2, 0) is 7.05 Å². The van der Waals surface area contributed by atoms with E-state index in [2.05, 4.69) is 20.9 Å². The second-order valence-corrected chi connectivity index (χ2v) is 5.58. The van der Waals surface area contributed by atoms with Crippen molar-refractivity contribution >= 4 is 21.7 Å². The van der Waals surface area contributed by atoms with E-state index in [1.165, 1.54) is 6.07 Å². The quantitative estimate of drug-likeness (QED) is 0.754. The van der Waals surface area contributed by atoms with Gasteiger partial charge in [0, 0.05) is 18.2 Å². The Labute approximate surface area is 130 Å². The zero-order valence-corrected chi connectivity index (χ0v) is 12.9. The summed E-state index contributed by atoms with van der Waals surface area (Å²) in [6.07, 6.45) is 0. The van der Waals surface area contributed by atoms with E-state index in [0.29, 0.717) is 16.0 Å². The number of hydrogen-bond acceptors (Lipinski definition) is 2. The minimum absolute atomic E-state index is 0.309. The van der Waals surface area contributed by atoms with Gasteiger partial charge in [-0.3, -0.25) is 0 Å². The Morgan fingerprint density at radius 1 is 1.10 bits per heavy atom. The Hall–Kier alpha value is -2.14. The molecule has 0 fully saturated rings. The second kappa shape index (κ2) is 5.33. The van der Waals surface area contributed by atoms with Crippen LogP contribution in [0.15, 0.2) is 53.0 Å².